The molecule has 5 nitrogen and oxygen atoms in total. The molecule has 0 saturated carbocycles. The summed E-state index contributed by atoms with van der Waals surface area (Å²) in [5, 5.41) is 14.9. The molecular formula is C7H11F3N4O. The number of aliphatic hydroxyl groups excluding tert-OH is 1. The summed E-state index contributed by atoms with van der Waals surface area (Å²) in [5.41, 5.74) is 0. The summed E-state index contributed by atoms with van der Waals surface area (Å²) in [7, 11) is 1.65. The highest BCUT2D eigenvalue weighted by atomic mass is 19.4. The maximum atomic E-state index is 11.9. The van der Waals surface area contributed by atoms with Crippen LogP contribution in [-0.2, 0) is 13.6 Å². The maximum Gasteiger partial charge on any atom is 0.415 e. The third-order valence-corrected chi connectivity index (χ3v) is 1.65. The summed E-state index contributed by atoms with van der Waals surface area (Å²) in [5.74, 6) is 0.381. The quantitative estimate of drug-likeness (QED) is 0.745. The minimum Gasteiger partial charge on any atom is -0.382 e. The summed E-state index contributed by atoms with van der Waals surface area (Å²) in [6.07, 6.45) is -5.51. The van der Waals surface area contributed by atoms with Gasteiger partial charge in [0, 0.05) is 13.6 Å². The van der Waals surface area contributed by atoms with Gasteiger partial charge < -0.3 is 10.4 Å². The highest BCUT2D eigenvalue weighted by Crippen LogP contribution is 2.19. The van der Waals surface area contributed by atoms with Gasteiger partial charge in [-0.15, -0.1) is 0 Å². The largest absolute Gasteiger partial charge is 0.415 e. The number of hydrogen-bond acceptors (Lipinski definition) is 4. The number of hydrogen-bond donors (Lipinski definition) is 2. The molecular weight excluding hydrogens is 213 g/mol. The number of nitrogens with zero attached hydrogens (tertiary/aromatic N) is 3. The van der Waals surface area contributed by atoms with Crippen molar-refractivity contribution in [2.75, 3.05) is 6.54 Å². The molecule has 0 amide bonds. The normalized spacial score (nSPS) is 14.2. The summed E-state index contributed by atoms with van der Waals surface area (Å²) in [6, 6.07) is 0. The second-order valence-corrected chi connectivity index (χ2v) is 3.02. The fraction of sp³-hybridized carbons (Fsp3) is 0.714. The second-order valence-electron chi connectivity index (χ2n) is 3.02. The summed E-state index contributed by atoms with van der Waals surface area (Å²) in [6.45, 7) is -0.476. The van der Waals surface area contributed by atoms with E-state index in [1.807, 2.05) is 0 Å². The summed E-state index contributed by atoms with van der Waals surface area (Å²) in [4.78, 5) is 3.80. The lowest BCUT2D eigenvalue weighted by atomic mass is 10.3. The molecule has 0 aliphatic rings. The Morgan fingerprint density at radius 1 is 1.60 bits per heavy atom. The summed E-state index contributed by atoms with van der Waals surface area (Å²) < 4.78 is 37.0. The van der Waals surface area contributed by atoms with Gasteiger partial charge in [0.05, 0.1) is 6.54 Å². The first-order chi connectivity index (χ1) is 6.89. The van der Waals surface area contributed by atoms with Gasteiger partial charge in [0.1, 0.15) is 6.33 Å². The Balaban J connectivity index is 2.28. The zero-order valence-electron chi connectivity index (χ0n) is 7.99. The number of aromatic nitrogens is 3. The lowest BCUT2D eigenvalue weighted by Crippen LogP contribution is -2.38. The molecule has 1 atom stereocenters. The molecule has 0 aliphatic carbocycles. The zero-order chi connectivity index (χ0) is 11.5. The van der Waals surface area contributed by atoms with Gasteiger partial charge in [-0.3, -0.25) is 4.68 Å². The van der Waals surface area contributed by atoms with E-state index in [0.29, 0.717) is 5.82 Å². The standard InChI is InChI=1S/C7H11F3N4O/c1-14-4-12-6(13-14)3-11-2-5(15)7(8,9)10/h4-5,11,15H,2-3H2,1H3. The molecule has 86 valence electrons. The fourth-order valence-corrected chi connectivity index (χ4v) is 0.901. The van der Waals surface area contributed by atoms with Crippen molar-refractivity contribution in [1.29, 1.82) is 0 Å². The van der Waals surface area contributed by atoms with E-state index in [0.717, 1.165) is 0 Å². The Bertz CT molecular complexity index is 311. The molecule has 1 rings (SSSR count). The molecule has 1 aromatic rings. The Morgan fingerprint density at radius 2 is 2.27 bits per heavy atom. The molecule has 8 heteroatoms. The van der Waals surface area contributed by atoms with Crippen LogP contribution < -0.4 is 5.32 Å². The van der Waals surface area contributed by atoms with Crippen molar-refractivity contribution in [3.8, 4) is 0 Å². The van der Waals surface area contributed by atoms with Gasteiger partial charge in [-0.1, -0.05) is 0 Å². The van der Waals surface area contributed by atoms with Crippen molar-refractivity contribution >= 4 is 0 Å². The van der Waals surface area contributed by atoms with E-state index < -0.39 is 18.8 Å². The van der Waals surface area contributed by atoms with Crippen molar-refractivity contribution in [2.24, 2.45) is 7.05 Å². The smallest absolute Gasteiger partial charge is 0.382 e. The fourth-order valence-electron chi connectivity index (χ4n) is 0.901. The van der Waals surface area contributed by atoms with Crippen molar-refractivity contribution in [1.82, 2.24) is 20.1 Å². The third kappa shape index (κ3) is 3.84. The predicted molar refractivity (Wildman–Crippen MR) is 44.8 cm³/mol. The van der Waals surface area contributed by atoms with Crippen LogP contribution in [0.2, 0.25) is 0 Å². The van der Waals surface area contributed by atoms with Crippen LogP contribution in [0.3, 0.4) is 0 Å². The minimum atomic E-state index is -4.59. The van der Waals surface area contributed by atoms with Gasteiger partial charge in [0.25, 0.3) is 0 Å². The highest BCUT2D eigenvalue weighted by Gasteiger charge is 2.37. The molecule has 15 heavy (non-hydrogen) atoms. The van der Waals surface area contributed by atoms with Crippen molar-refractivity contribution in [2.45, 2.75) is 18.8 Å². The lowest BCUT2D eigenvalue weighted by molar-refractivity contribution is -0.201. The van der Waals surface area contributed by atoms with Crippen LogP contribution >= 0.6 is 0 Å². The summed E-state index contributed by atoms with van der Waals surface area (Å²) >= 11 is 0. The predicted octanol–water partition coefficient (Wildman–Crippen LogP) is -0.172. The number of rotatable bonds is 4. The Kier molecular flexibility index (Phi) is 3.64. The van der Waals surface area contributed by atoms with Gasteiger partial charge in [0.15, 0.2) is 11.9 Å². The molecule has 1 unspecified atom stereocenters. The van der Waals surface area contributed by atoms with Crippen LogP contribution in [0.15, 0.2) is 6.33 Å². The zero-order valence-corrected chi connectivity index (χ0v) is 7.99. The minimum absolute atomic E-state index is 0.0912. The van der Waals surface area contributed by atoms with E-state index in [4.69, 9.17) is 5.11 Å². The van der Waals surface area contributed by atoms with Crippen LogP contribution in [0.1, 0.15) is 5.82 Å². The monoisotopic (exact) mass is 224 g/mol. The molecule has 1 heterocycles. The maximum absolute atomic E-state index is 11.9. The highest BCUT2D eigenvalue weighted by molar-refractivity contribution is 4.80. The molecule has 0 aliphatic heterocycles. The number of aryl methyl sites for hydroxylation is 1. The molecule has 1 aromatic heterocycles. The number of nitrogens with one attached hydrogen (secondary N) is 1. The average molecular weight is 224 g/mol. The van der Waals surface area contributed by atoms with Crippen LogP contribution in [0.5, 0.6) is 0 Å². The van der Waals surface area contributed by atoms with Gasteiger partial charge in [-0.05, 0) is 0 Å². The van der Waals surface area contributed by atoms with Crippen LogP contribution in [-0.4, -0.2) is 38.7 Å². The van der Waals surface area contributed by atoms with Gasteiger partial charge in [0.2, 0.25) is 0 Å². The van der Waals surface area contributed by atoms with E-state index >= 15 is 0 Å². The van der Waals surface area contributed by atoms with Crippen LogP contribution in [0.25, 0.3) is 0 Å². The van der Waals surface area contributed by atoms with Gasteiger partial charge in [-0.25, -0.2) is 4.98 Å². The van der Waals surface area contributed by atoms with E-state index in [-0.39, 0.29) is 6.54 Å². The van der Waals surface area contributed by atoms with Crippen LogP contribution in [0.4, 0.5) is 13.2 Å². The Labute approximate surface area is 83.9 Å². The van der Waals surface area contributed by atoms with E-state index in [1.165, 1.54) is 11.0 Å². The first-order valence-electron chi connectivity index (χ1n) is 4.19. The first-order valence-corrected chi connectivity index (χ1v) is 4.19. The van der Waals surface area contributed by atoms with Crippen molar-refractivity contribution in [3.05, 3.63) is 12.2 Å². The molecule has 0 spiro atoms. The van der Waals surface area contributed by atoms with E-state index in [1.54, 1.807) is 7.05 Å². The average Bonchev–Trinajstić information content (AvgIpc) is 2.49. The van der Waals surface area contributed by atoms with E-state index in [2.05, 4.69) is 15.4 Å². The third-order valence-electron chi connectivity index (χ3n) is 1.65. The number of alkyl halides is 3. The molecule has 0 aromatic carbocycles. The van der Waals surface area contributed by atoms with Crippen molar-refractivity contribution in [3.63, 3.8) is 0 Å². The first kappa shape index (κ1) is 11.9. The molecule has 0 fully saturated rings. The second kappa shape index (κ2) is 4.58. The van der Waals surface area contributed by atoms with Crippen molar-refractivity contribution < 1.29 is 18.3 Å². The van der Waals surface area contributed by atoms with E-state index in [9.17, 15) is 13.2 Å². The SMILES string of the molecule is Cn1cnc(CNCC(O)C(F)(F)F)n1. The van der Waals surface area contributed by atoms with Gasteiger partial charge >= 0.3 is 6.18 Å². The number of halogens is 3. The van der Waals surface area contributed by atoms with Crippen LogP contribution in [0, 0.1) is 0 Å². The Hall–Kier alpha value is -1.15. The molecule has 0 radical (unpaired) electrons. The lowest BCUT2D eigenvalue weighted by Gasteiger charge is -2.14. The topological polar surface area (TPSA) is 63.0 Å². The number of aliphatic hydroxyl groups is 1. The van der Waals surface area contributed by atoms with Gasteiger partial charge in [-0.2, -0.15) is 18.3 Å². The molecule has 0 saturated heterocycles. The molecule has 0 bridgehead atoms. The Morgan fingerprint density at radius 3 is 2.73 bits per heavy atom. The molecule has 2 N–H and O–H groups in total.